The van der Waals surface area contributed by atoms with E-state index in [9.17, 15) is 13.6 Å². The van der Waals surface area contributed by atoms with Crippen molar-refractivity contribution in [2.45, 2.75) is 19.6 Å². The molecular formula is C21H21F2N3O4S. The predicted molar refractivity (Wildman–Crippen MR) is 116 cm³/mol. The zero-order valence-corrected chi connectivity index (χ0v) is 17.8. The largest absolute Gasteiger partial charge is 0.497 e. The fourth-order valence-corrected chi connectivity index (χ4v) is 3.52. The third-order valence-electron chi connectivity index (χ3n) is 4.61. The average molecular weight is 449 g/mol. The standard InChI is InChI=1S/C21H21F2N3O4S/c1-11-17(19(27)25-14-10-12(28-2)8-9-16(14)29-3)18(26-21(31)24-11)13-6-4-5-7-15(13)30-20(22)23/h4-10,18,20H,1-3H3,(H,25,27)(H2,24,26,31)/t18-/m1/s1. The van der Waals surface area contributed by atoms with Crippen molar-refractivity contribution < 1.29 is 27.8 Å². The van der Waals surface area contributed by atoms with Gasteiger partial charge in [-0.1, -0.05) is 18.2 Å². The van der Waals surface area contributed by atoms with Crippen LogP contribution >= 0.6 is 12.2 Å². The zero-order chi connectivity index (χ0) is 22.5. The molecule has 164 valence electrons. The molecular weight excluding hydrogens is 428 g/mol. The number of halogens is 2. The third kappa shape index (κ3) is 5.02. The summed E-state index contributed by atoms with van der Waals surface area (Å²) in [4.78, 5) is 13.3. The average Bonchev–Trinajstić information content (AvgIpc) is 2.73. The van der Waals surface area contributed by atoms with E-state index in [1.54, 1.807) is 43.3 Å². The first-order chi connectivity index (χ1) is 14.8. The van der Waals surface area contributed by atoms with Gasteiger partial charge < -0.3 is 30.2 Å². The highest BCUT2D eigenvalue weighted by Crippen LogP contribution is 2.35. The van der Waals surface area contributed by atoms with Crippen LogP contribution in [0.1, 0.15) is 18.5 Å². The molecule has 0 spiro atoms. The topological polar surface area (TPSA) is 80.9 Å². The fourth-order valence-electron chi connectivity index (χ4n) is 3.25. The Kier molecular flexibility index (Phi) is 6.91. The number of carbonyl (C=O) groups excluding carboxylic acids is 1. The fraction of sp³-hybridized carbons (Fsp3) is 0.238. The van der Waals surface area contributed by atoms with Gasteiger partial charge >= 0.3 is 6.61 Å². The summed E-state index contributed by atoms with van der Waals surface area (Å²) in [5.41, 5.74) is 1.45. The molecule has 1 atom stereocenters. The normalized spacial score (nSPS) is 15.8. The number of anilines is 1. The van der Waals surface area contributed by atoms with Crippen LogP contribution in [0, 0.1) is 0 Å². The molecule has 0 fully saturated rings. The van der Waals surface area contributed by atoms with Gasteiger partial charge in [-0.25, -0.2) is 0 Å². The molecule has 1 aliphatic rings. The summed E-state index contributed by atoms with van der Waals surface area (Å²) in [5.74, 6) is 0.410. The van der Waals surface area contributed by atoms with Gasteiger partial charge in [-0.3, -0.25) is 4.79 Å². The molecule has 0 aromatic heterocycles. The molecule has 1 aliphatic heterocycles. The number of amides is 1. The Morgan fingerprint density at radius 3 is 2.55 bits per heavy atom. The molecule has 31 heavy (non-hydrogen) atoms. The van der Waals surface area contributed by atoms with Gasteiger partial charge in [0.1, 0.15) is 17.2 Å². The number of methoxy groups -OCH3 is 2. The van der Waals surface area contributed by atoms with Crippen LogP contribution in [0.15, 0.2) is 53.7 Å². The van der Waals surface area contributed by atoms with Crippen molar-refractivity contribution in [1.29, 1.82) is 0 Å². The van der Waals surface area contributed by atoms with E-state index >= 15 is 0 Å². The molecule has 3 N–H and O–H groups in total. The Balaban J connectivity index is 2.01. The zero-order valence-electron chi connectivity index (χ0n) is 17.0. The van der Waals surface area contributed by atoms with Crippen LogP contribution in [0.4, 0.5) is 14.5 Å². The summed E-state index contributed by atoms with van der Waals surface area (Å²) in [6.07, 6.45) is 0. The van der Waals surface area contributed by atoms with E-state index in [0.29, 0.717) is 28.4 Å². The van der Waals surface area contributed by atoms with Crippen molar-refractivity contribution in [3.8, 4) is 17.2 Å². The molecule has 0 aliphatic carbocycles. The minimum Gasteiger partial charge on any atom is -0.497 e. The van der Waals surface area contributed by atoms with Crippen LogP contribution in [0.5, 0.6) is 17.2 Å². The highest BCUT2D eigenvalue weighted by molar-refractivity contribution is 7.80. The van der Waals surface area contributed by atoms with E-state index in [1.807, 2.05) is 0 Å². The number of hydrogen-bond acceptors (Lipinski definition) is 5. The smallest absolute Gasteiger partial charge is 0.387 e. The molecule has 1 amide bonds. The molecule has 0 unspecified atom stereocenters. The van der Waals surface area contributed by atoms with Gasteiger partial charge in [0.2, 0.25) is 0 Å². The number of alkyl halides is 2. The number of nitrogens with one attached hydrogen (secondary N) is 3. The van der Waals surface area contributed by atoms with Gasteiger partial charge in [0.25, 0.3) is 5.91 Å². The lowest BCUT2D eigenvalue weighted by atomic mass is 9.94. The second-order valence-corrected chi connectivity index (χ2v) is 6.92. The van der Waals surface area contributed by atoms with Gasteiger partial charge in [-0.2, -0.15) is 8.78 Å². The van der Waals surface area contributed by atoms with Crippen LogP contribution in [-0.2, 0) is 4.79 Å². The van der Waals surface area contributed by atoms with Crippen molar-refractivity contribution >= 4 is 28.9 Å². The number of benzene rings is 2. The van der Waals surface area contributed by atoms with E-state index < -0.39 is 18.6 Å². The number of carbonyl (C=O) groups is 1. The van der Waals surface area contributed by atoms with E-state index in [4.69, 9.17) is 21.7 Å². The predicted octanol–water partition coefficient (Wildman–Crippen LogP) is 3.74. The monoisotopic (exact) mass is 449 g/mol. The van der Waals surface area contributed by atoms with Crippen LogP contribution in [0.25, 0.3) is 0 Å². The van der Waals surface area contributed by atoms with Crippen LogP contribution in [0.2, 0.25) is 0 Å². The lowest BCUT2D eigenvalue weighted by Crippen LogP contribution is -2.45. The Morgan fingerprint density at radius 1 is 1.13 bits per heavy atom. The quantitative estimate of drug-likeness (QED) is 0.556. The minimum absolute atomic E-state index is 0.0586. The van der Waals surface area contributed by atoms with Crippen LogP contribution in [0.3, 0.4) is 0 Å². The number of thiocarbonyl (C=S) groups is 1. The Morgan fingerprint density at radius 2 is 1.87 bits per heavy atom. The van der Waals surface area contributed by atoms with E-state index in [-0.39, 0.29) is 16.4 Å². The Hall–Kier alpha value is -3.40. The summed E-state index contributed by atoms with van der Waals surface area (Å²) in [7, 11) is 2.98. The molecule has 2 aromatic rings. The van der Waals surface area contributed by atoms with Gasteiger partial charge in [-0.05, 0) is 37.3 Å². The minimum atomic E-state index is -3.02. The second kappa shape index (κ2) is 9.61. The van der Waals surface area contributed by atoms with E-state index in [1.165, 1.54) is 20.3 Å². The van der Waals surface area contributed by atoms with Gasteiger partial charge in [0.05, 0.1) is 31.5 Å². The van der Waals surface area contributed by atoms with Crippen molar-refractivity contribution in [1.82, 2.24) is 10.6 Å². The number of para-hydroxylation sites is 1. The maximum Gasteiger partial charge on any atom is 0.387 e. The molecule has 1 heterocycles. The Labute approximate surface area is 183 Å². The first-order valence-corrected chi connectivity index (χ1v) is 9.60. The van der Waals surface area contributed by atoms with Gasteiger partial charge in [0.15, 0.2) is 5.11 Å². The second-order valence-electron chi connectivity index (χ2n) is 6.51. The van der Waals surface area contributed by atoms with Crippen molar-refractivity contribution in [3.63, 3.8) is 0 Å². The summed E-state index contributed by atoms with van der Waals surface area (Å²) >= 11 is 5.22. The van der Waals surface area contributed by atoms with Crippen molar-refractivity contribution in [3.05, 3.63) is 59.3 Å². The summed E-state index contributed by atoms with van der Waals surface area (Å²) in [6, 6.07) is 10.4. The molecule has 3 rings (SSSR count). The molecule has 2 aromatic carbocycles. The third-order valence-corrected chi connectivity index (χ3v) is 4.83. The number of rotatable bonds is 7. The number of allylic oxidation sites excluding steroid dienone is 1. The maximum atomic E-state index is 13.3. The molecule has 0 saturated heterocycles. The number of hydrogen-bond donors (Lipinski definition) is 3. The molecule has 10 heteroatoms. The molecule has 0 bridgehead atoms. The van der Waals surface area contributed by atoms with Crippen LogP contribution in [-0.4, -0.2) is 31.9 Å². The SMILES string of the molecule is COc1ccc(OC)c(NC(=O)C2=C(C)NC(=S)N[C@@H]2c2ccccc2OC(F)F)c1. The number of ether oxygens (including phenoxy) is 3. The van der Waals surface area contributed by atoms with E-state index in [2.05, 4.69) is 20.7 Å². The van der Waals surface area contributed by atoms with Gasteiger partial charge in [0, 0.05) is 17.3 Å². The maximum absolute atomic E-state index is 13.3. The molecule has 0 saturated carbocycles. The lowest BCUT2D eigenvalue weighted by Gasteiger charge is -2.31. The van der Waals surface area contributed by atoms with Crippen molar-refractivity contribution in [2.75, 3.05) is 19.5 Å². The van der Waals surface area contributed by atoms with Crippen molar-refractivity contribution in [2.24, 2.45) is 0 Å². The summed E-state index contributed by atoms with van der Waals surface area (Å²) < 4.78 is 41.0. The van der Waals surface area contributed by atoms with E-state index in [0.717, 1.165) is 0 Å². The molecule has 7 nitrogen and oxygen atoms in total. The lowest BCUT2D eigenvalue weighted by molar-refractivity contribution is -0.113. The highest BCUT2D eigenvalue weighted by Gasteiger charge is 2.32. The first-order valence-electron chi connectivity index (χ1n) is 9.19. The molecule has 0 radical (unpaired) electrons. The first kappa shape index (κ1) is 22.3. The summed E-state index contributed by atoms with van der Waals surface area (Å²) in [6.45, 7) is -1.34. The summed E-state index contributed by atoms with van der Waals surface area (Å²) in [5, 5.41) is 8.92. The Bertz CT molecular complexity index is 1030. The van der Waals surface area contributed by atoms with Gasteiger partial charge in [-0.15, -0.1) is 0 Å². The van der Waals surface area contributed by atoms with Crippen LogP contribution < -0.4 is 30.2 Å². The highest BCUT2D eigenvalue weighted by atomic mass is 32.1.